The maximum Gasteiger partial charge on any atom is 0.187 e. The number of aromatic hydroxyl groups is 4. The fraction of sp³-hybridized carbons (Fsp3) is 0.429. The second kappa shape index (κ2) is 8.62. The largest absolute Gasteiger partial charge is 0.508 e. The van der Waals surface area contributed by atoms with Crippen molar-refractivity contribution >= 4 is 0 Å². The van der Waals surface area contributed by atoms with Gasteiger partial charge in [0.15, 0.2) is 23.9 Å². The lowest BCUT2D eigenvalue weighted by molar-refractivity contribution is -0.317. The first kappa shape index (κ1) is 22.4. The van der Waals surface area contributed by atoms with E-state index < -0.39 is 55.3 Å². The van der Waals surface area contributed by atoms with Crippen LogP contribution in [-0.2, 0) is 15.9 Å². The van der Waals surface area contributed by atoms with Crippen LogP contribution in [0, 0.1) is 0 Å². The van der Waals surface area contributed by atoms with Gasteiger partial charge in [0.2, 0.25) is 0 Å². The molecule has 2 aliphatic heterocycles. The van der Waals surface area contributed by atoms with Crippen molar-refractivity contribution < 1.29 is 55.1 Å². The molecule has 174 valence electrons. The van der Waals surface area contributed by atoms with Gasteiger partial charge in [0.25, 0.3) is 0 Å². The van der Waals surface area contributed by atoms with Crippen LogP contribution in [0.1, 0.15) is 17.2 Å². The molecule has 0 radical (unpaired) electrons. The van der Waals surface area contributed by atoms with Crippen molar-refractivity contribution in [3.8, 4) is 28.7 Å². The molecule has 7 atom stereocenters. The Morgan fingerprint density at radius 3 is 2.31 bits per heavy atom. The van der Waals surface area contributed by atoms with Crippen molar-refractivity contribution in [3.63, 3.8) is 0 Å². The highest BCUT2D eigenvalue weighted by Gasteiger charge is 2.46. The average molecular weight is 452 g/mol. The molecule has 2 aromatic carbocycles. The summed E-state index contributed by atoms with van der Waals surface area (Å²) < 4.78 is 17.2. The monoisotopic (exact) mass is 452 g/mol. The number of fused-ring (bicyclic) bond motifs is 1. The zero-order valence-electron chi connectivity index (χ0n) is 16.6. The molecule has 0 aliphatic carbocycles. The number of aliphatic hydroxyl groups is 4. The second-order valence-corrected chi connectivity index (χ2v) is 7.80. The van der Waals surface area contributed by atoms with Gasteiger partial charge in [0.05, 0.1) is 6.61 Å². The molecule has 0 spiro atoms. The van der Waals surface area contributed by atoms with Crippen molar-refractivity contribution in [2.45, 2.75) is 49.3 Å². The number of ether oxygens (including phenoxy) is 3. The van der Waals surface area contributed by atoms with Crippen LogP contribution in [0.25, 0.3) is 0 Å². The Bertz CT molecular complexity index is 978. The lowest BCUT2D eigenvalue weighted by Crippen LogP contribution is -2.60. The van der Waals surface area contributed by atoms with Crippen LogP contribution in [0.15, 0.2) is 30.3 Å². The van der Waals surface area contributed by atoms with E-state index in [9.17, 15) is 40.9 Å². The van der Waals surface area contributed by atoms with E-state index in [1.807, 2.05) is 0 Å². The van der Waals surface area contributed by atoms with Gasteiger partial charge in [-0.2, -0.15) is 0 Å². The zero-order valence-corrected chi connectivity index (χ0v) is 16.6. The second-order valence-electron chi connectivity index (χ2n) is 7.80. The highest BCUT2D eigenvalue weighted by Crippen LogP contribution is 2.44. The lowest BCUT2D eigenvalue weighted by Gasteiger charge is -2.43. The fourth-order valence-corrected chi connectivity index (χ4v) is 3.92. The zero-order chi connectivity index (χ0) is 23.2. The molecule has 2 aromatic rings. The van der Waals surface area contributed by atoms with E-state index >= 15 is 0 Å². The van der Waals surface area contributed by atoms with E-state index in [1.165, 1.54) is 24.3 Å². The molecule has 1 fully saturated rings. The normalized spacial score (nSPS) is 32.2. The van der Waals surface area contributed by atoms with Gasteiger partial charge in [0, 0.05) is 24.1 Å². The standard InChI is InChI=1S/C21H24O11/c22-7-16-17(27)18(28)19(29)21(32-16)31-15-6-10-12(25)4-9(23)5-14(10)30-20(15)8-1-2-11(24)13(26)3-8/h1-5,15-29H,6-7H2/t15-,16+,17+,18+,19+,20+,21-/m0/s1. The van der Waals surface area contributed by atoms with Crippen LogP contribution in [0.4, 0.5) is 0 Å². The topological polar surface area (TPSA) is 190 Å². The summed E-state index contributed by atoms with van der Waals surface area (Å²) in [7, 11) is 0. The Labute approximate surface area is 181 Å². The van der Waals surface area contributed by atoms with Gasteiger partial charge in [-0.25, -0.2) is 0 Å². The van der Waals surface area contributed by atoms with Crippen molar-refractivity contribution in [2.24, 2.45) is 0 Å². The fourth-order valence-electron chi connectivity index (χ4n) is 3.92. The summed E-state index contributed by atoms with van der Waals surface area (Å²) in [5, 5.41) is 79.4. The molecule has 2 aliphatic rings. The minimum absolute atomic E-state index is 0.0166. The first-order valence-corrected chi connectivity index (χ1v) is 9.89. The number of rotatable bonds is 4. The van der Waals surface area contributed by atoms with Gasteiger partial charge in [-0.1, -0.05) is 6.07 Å². The van der Waals surface area contributed by atoms with Crippen LogP contribution in [0.2, 0.25) is 0 Å². The van der Waals surface area contributed by atoms with Crippen LogP contribution >= 0.6 is 0 Å². The van der Waals surface area contributed by atoms with Crippen molar-refractivity contribution in [3.05, 3.63) is 41.5 Å². The molecule has 0 amide bonds. The highest BCUT2D eigenvalue weighted by molar-refractivity contribution is 5.52. The predicted octanol–water partition coefficient (Wildman–Crippen LogP) is -0.630. The lowest BCUT2D eigenvalue weighted by atomic mass is 9.93. The number of aliphatic hydroxyl groups excluding tert-OH is 4. The SMILES string of the molecule is OC[C@H]1O[C@H](O[C@H]2Cc3c(O)cc(O)cc3O[C@@H]2c2ccc(O)c(O)c2)[C@H](O)[C@H](O)[C@@H]1O. The van der Waals surface area contributed by atoms with Gasteiger partial charge in [-0.3, -0.25) is 0 Å². The third-order valence-corrected chi connectivity index (χ3v) is 5.65. The number of hydrogen-bond acceptors (Lipinski definition) is 11. The average Bonchev–Trinajstić information content (AvgIpc) is 2.76. The van der Waals surface area contributed by atoms with E-state index in [0.29, 0.717) is 11.1 Å². The Kier molecular flexibility index (Phi) is 6.03. The highest BCUT2D eigenvalue weighted by atomic mass is 16.7. The quantitative estimate of drug-likeness (QED) is 0.276. The summed E-state index contributed by atoms with van der Waals surface area (Å²) in [6.45, 7) is -0.635. The van der Waals surface area contributed by atoms with Crippen molar-refractivity contribution in [1.82, 2.24) is 0 Å². The van der Waals surface area contributed by atoms with Crippen LogP contribution in [0.5, 0.6) is 28.7 Å². The molecule has 11 heteroatoms. The van der Waals surface area contributed by atoms with Crippen LogP contribution in [0.3, 0.4) is 0 Å². The minimum Gasteiger partial charge on any atom is -0.508 e. The van der Waals surface area contributed by atoms with Gasteiger partial charge in [-0.05, 0) is 17.7 Å². The molecular formula is C21H24O11. The molecule has 1 saturated heterocycles. The Morgan fingerprint density at radius 2 is 1.62 bits per heavy atom. The summed E-state index contributed by atoms with van der Waals surface area (Å²) >= 11 is 0. The molecule has 0 unspecified atom stereocenters. The smallest absolute Gasteiger partial charge is 0.187 e. The Balaban J connectivity index is 1.68. The summed E-state index contributed by atoms with van der Waals surface area (Å²) in [5.74, 6) is -1.10. The van der Waals surface area contributed by atoms with Gasteiger partial charge < -0.3 is 55.1 Å². The molecule has 8 N–H and O–H groups in total. The maximum atomic E-state index is 10.3. The van der Waals surface area contributed by atoms with Gasteiger partial charge in [-0.15, -0.1) is 0 Å². The van der Waals surface area contributed by atoms with Crippen molar-refractivity contribution in [2.75, 3.05) is 6.61 Å². The van der Waals surface area contributed by atoms with E-state index in [-0.39, 0.29) is 29.4 Å². The van der Waals surface area contributed by atoms with E-state index in [2.05, 4.69) is 0 Å². The predicted molar refractivity (Wildman–Crippen MR) is 105 cm³/mol. The van der Waals surface area contributed by atoms with Crippen molar-refractivity contribution in [1.29, 1.82) is 0 Å². The third kappa shape index (κ3) is 4.01. The summed E-state index contributed by atoms with van der Waals surface area (Å²) in [4.78, 5) is 0. The Morgan fingerprint density at radius 1 is 0.875 bits per heavy atom. The first-order valence-electron chi connectivity index (χ1n) is 9.89. The molecule has 0 saturated carbocycles. The number of benzene rings is 2. The maximum absolute atomic E-state index is 10.3. The number of hydrogen-bond donors (Lipinski definition) is 8. The Hall–Kier alpha value is -2.80. The molecule has 4 rings (SSSR count). The third-order valence-electron chi connectivity index (χ3n) is 5.65. The molecule has 0 aromatic heterocycles. The number of phenolic OH excluding ortho intramolecular Hbond substituents is 4. The molecular weight excluding hydrogens is 428 g/mol. The number of phenols is 4. The van der Waals surface area contributed by atoms with Crippen LogP contribution in [-0.4, -0.2) is 84.3 Å². The summed E-state index contributed by atoms with van der Waals surface area (Å²) in [5.41, 5.74) is 0.667. The van der Waals surface area contributed by atoms with E-state index in [4.69, 9.17) is 14.2 Å². The molecule has 32 heavy (non-hydrogen) atoms. The molecule has 2 heterocycles. The minimum atomic E-state index is -1.66. The van der Waals surface area contributed by atoms with E-state index in [0.717, 1.165) is 6.07 Å². The van der Waals surface area contributed by atoms with Gasteiger partial charge in [0.1, 0.15) is 47.8 Å². The van der Waals surface area contributed by atoms with Crippen LogP contribution < -0.4 is 4.74 Å². The summed E-state index contributed by atoms with van der Waals surface area (Å²) in [6.07, 6.45) is -9.41. The first-order chi connectivity index (χ1) is 15.2. The van der Waals surface area contributed by atoms with Gasteiger partial charge >= 0.3 is 0 Å². The summed E-state index contributed by atoms with van der Waals surface area (Å²) in [6, 6.07) is 6.38. The molecule has 0 bridgehead atoms. The molecule has 11 nitrogen and oxygen atoms in total. The van der Waals surface area contributed by atoms with E-state index in [1.54, 1.807) is 0 Å².